The molecular weight excluding hydrogens is 506 g/mol. The number of amides is 1. The van der Waals surface area contributed by atoms with Gasteiger partial charge < -0.3 is 14.4 Å². The molecule has 1 amide bonds. The average molecular weight is 536 g/mol. The van der Waals surface area contributed by atoms with E-state index in [1.54, 1.807) is 14.2 Å². The van der Waals surface area contributed by atoms with Crippen molar-refractivity contribution in [3.63, 3.8) is 0 Å². The van der Waals surface area contributed by atoms with Gasteiger partial charge in [0.2, 0.25) is 5.91 Å². The van der Waals surface area contributed by atoms with E-state index < -0.39 is 5.25 Å². The number of fused-ring (bicyclic) bond motifs is 1. The van der Waals surface area contributed by atoms with Crippen LogP contribution in [0.2, 0.25) is 0 Å². The van der Waals surface area contributed by atoms with E-state index in [1.807, 2.05) is 84.6 Å². The van der Waals surface area contributed by atoms with Crippen molar-refractivity contribution in [2.24, 2.45) is 0 Å². The van der Waals surface area contributed by atoms with E-state index in [0.717, 1.165) is 23.2 Å². The first-order valence-electron chi connectivity index (χ1n) is 12.9. The zero-order valence-corrected chi connectivity index (χ0v) is 23.0. The van der Waals surface area contributed by atoms with Crippen molar-refractivity contribution >= 4 is 23.4 Å². The Morgan fingerprint density at radius 3 is 2.51 bits per heavy atom. The Morgan fingerprint density at radius 1 is 1.03 bits per heavy atom. The van der Waals surface area contributed by atoms with Gasteiger partial charge in [0.15, 0.2) is 0 Å². The number of thioether (sulfide) groups is 1. The minimum absolute atomic E-state index is 0.0313. The molecule has 6 nitrogen and oxygen atoms in total. The monoisotopic (exact) mass is 535 g/mol. The largest absolute Gasteiger partial charge is 0.497 e. The number of para-hydroxylation sites is 1. The third-order valence-corrected chi connectivity index (χ3v) is 8.26. The lowest BCUT2D eigenvalue weighted by molar-refractivity contribution is -0.118. The van der Waals surface area contributed by atoms with Gasteiger partial charge in [-0.2, -0.15) is 5.26 Å². The highest BCUT2D eigenvalue weighted by Gasteiger charge is 2.31. The van der Waals surface area contributed by atoms with E-state index in [1.165, 1.54) is 17.3 Å². The molecule has 7 heteroatoms. The van der Waals surface area contributed by atoms with Gasteiger partial charge in [-0.05, 0) is 48.7 Å². The Labute approximate surface area is 233 Å². The van der Waals surface area contributed by atoms with Crippen molar-refractivity contribution in [1.29, 1.82) is 5.26 Å². The highest BCUT2D eigenvalue weighted by molar-refractivity contribution is 8.00. The first kappa shape index (κ1) is 26.3. The van der Waals surface area contributed by atoms with E-state index in [4.69, 9.17) is 14.5 Å². The number of rotatable bonds is 8. The van der Waals surface area contributed by atoms with E-state index >= 15 is 0 Å². The Kier molecular flexibility index (Phi) is 7.85. The first-order chi connectivity index (χ1) is 19.1. The van der Waals surface area contributed by atoms with Crippen molar-refractivity contribution in [3.8, 4) is 40.0 Å². The third-order valence-electron chi connectivity index (χ3n) is 6.92. The van der Waals surface area contributed by atoms with Crippen LogP contribution in [-0.2, 0) is 11.2 Å². The predicted octanol–water partition coefficient (Wildman–Crippen LogP) is 6.76. The molecule has 0 saturated carbocycles. The number of carbonyl (C=O) groups is 1. The number of nitrogens with zero attached hydrogens (tertiary/aromatic N) is 3. The van der Waals surface area contributed by atoms with Crippen LogP contribution in [0.15, 0.2) is 83.9 Å². The second kappa shape index (κ2) is 11.6. The lowest BCUT2D eigenvalue weighted by Gasteiger charge is -2.23. The second-order valence-electron chi connectivity index (χ2n) is 9.16. The molecule has 1 aromatic heterocycles. The fourth-order valence-electron chi connectivity index (χ4n) is 4.89. The molecule has 0 bridgehead atoms. The lowest BCUT2D eigenvalue weighted by atomic mass is 9.98. The van der Waals surface area contributed by atoms with Crippen LogP contribution in [0.1, 0.15) is 24.5 Å². The SMILES string of the molecule is CCC(Sc1nc(-c2ccccc2)cc(-c2cc(OC)ccc2OC)c1C#N)C(=O)N1CCc2ccccc21. The van der Waals surface area contributed by atoms with Crippen LogP contribution in [0.25, 0.3) is 22.4 Å². The summed E-state index contributed by atoms with van der Waals surface area (Å²) < 4.78 is 11.2. The molecule has 39 heavy (non-hydrogen) atoms. The van der Waals surface area contributed by atoms with Crippen LogP contribution in [0.3, 0.4) is 0 Å². The maximum Gasteiger partial charge on any atom is 0.240 e. The summed E-state index contributed by atoms with van der Waals surface area (Å²) in [6.45, 7) is 2.65. The summed E-state index contributed by atoms with van der Waals surface area (Å²) in [5, 5.41) is 10.5. The van der Waals surface area contributed by atoms with Crippen LogP contribution < -0.4 is 14.4 Å². The van der Waals surface area contributed by atoms with Gasteiger partial charge in [-0.1, -0.05) is 67.2 Å². The van der Waals surface area contributed by atoms with Gasteiger partial charge in [-0.3, -0.25) is 4.79 Å². The Balaban J connectivity index is 1.62. The highest BCUT2D eigenvalue weighted by atomic mass is 32.2. The molecule has 0 aliphatic carbocycles. The van der Waals surface area contributed by atoms with E-state index in [9.17, 15) is 10.1 Å². The summed E-state index contributed by atoms with van der Waals surface area (Å²) in [7, 11) is 3.21. The molecule has 1 aliphatic rings. The molecule has 0 fully saturated rings. The molecule has 4 aromatic rings. The first-order valence-corrected chi connectivity index (χ1v) is 13.7. The molecular formula is C32H29N3O3S. The normalized spacial score (nSPS) is 12.9. The minimum atomic E-state index is -0.401. The van der Waals surface area contributed by atoms with Gasteiger partial charge in [0.25, 0.3) is 0 Å². The lowest BCUT2D eigenvalue weighted by Crippen LogP contribution is -2.36. The summed E-state index contributed by atoms with van der Waals surface area (Å²) >= 11 is 1.35. The molecule has 0 N–H and O–H groups in total. The van der Waals surface area contributed by atoms with Gasteiger partial charge in [0.1, 0.15) is 22.6 Å². The number of methoxy groups -OCH3 is 2. The summed E-state index contributed by atoms with van der Waals surface area (Å²) in [6.07, 6.45) is 1.44. The minimum Gasteiger partial charge on any atom is -0.497 e. The molecule has 2 heterocycles. The van der Waals surface area contributed by atoms with Gasteiger partial charge in [0.05, 0.1) is 30.7 Å². The number of pyridine rings is 1. The molecule has 1 atom stereocenters. The van der Waals surface area contributed by atoms with Gasteiger partial charge in [-0.25, -0.2) is 4.98 Å². The van der Waals surface area contributed by atoms with Crippen LogP contribution >= 0.6 is 11.8 Å². The third kappa shape index (κ3) is 5.21. The standard InChI is InChI=1S/C32H29N3O3S/c1-4-30(32(36)35-17-16-22-12-8-9-13-28(22)35)39-31-26(20-33)24(19-27(34-31)21-10-6-5-7-11-21)25-18-23(37-2)14-15-29(25)38-3/h5-15,18-19,30H,4,16-17H2,1-3H3. The molecule has 1 aliphatic heterocycles. The fourth-order valence-corrected chi connectivity index (χ4v) is 5.98. The Bertz CT molecular complexity index is 1550. The van der Waals surface area contributed by atoms with E-state index in [0.29, 0.717) is 46.3 Å². The van der Waals surface area contributed by atoms with Gasteiger partial charge in [0, 0.05) is 28.9 Å². The smallest absolute Gasteiger partial charge is 0.240 e. The summed E-state index contributed by atoms with van der Waals surface area (Å²) in [5.41, 5.74) is 5.58. The second-order valence-corrected chi connectivity index (χ2v) is 10.4. The quantitative estimate of drug-likeness (QED) is 0.232. The zero-order valence-electron chi connectivity index (χ0n) is 22.2. The zero-order chi connectivity index (χ0) is 27.4. The average Bonchev–Trinajstić information content (AvgIpc) is 3.43. The van der Waals surface area contributed by atoms with Crippen molar-refractivity contribution < 1.29 is 14.3 Å². The Hall–Kier alpha value is -4.28. The van der Waals surface area contributed by atoms with Crippen LogP contribution in [0.5, 0.6) is 11.5 Å². The molecule has 196 valence electrons. The van der Waals surface area contributed by atoms with Crippen LogP contribution in [0.4, 0.5) is 5.69 Å². The summed E-state index contributed by atoms with van der Waals surface area (Å²) in [4.78, 5) is 20.6. The van der Waals surface area contributed by atoms with Crippen LogP contribution in [0, 0.1) is 11.3 Å². The maximum absolute atomic E-state index is 13.8. The Morgan fingerprint density at radius 2 is 1.79 bits per heavy atom. The number of anilines is 1. The van der Waals surface area contributed by atoms with Crippen LogP contribution in [-0.4, -0.2) is 36.9 Å². The molecule has 3 aromatic carbocycles. The number of hydrogen-bond acceptors (Lipinski definition) is 6. The number of carbonyl (C=O) groups excluding carboxylic acids is 1. The summed E-state index contributed by atoms with van der Waals surface area (Å²) in [5.74, 6) is 1.30. The van der Waals surface area contributed by atoms with Crippen molar-refractivity contribution in [2.75, 3.05) is 25.7 Å². The van der Waals surface area contributed by atoms with Gasteiger partial charge >= 0.3 is 0 Å². The predicted molar refractivity (Wildman–Crippen MR) is 155 cm³/mol. The topological polar surface area (TPSA) is 75.5 Å². The summed E-state index contributed by atoms with van der Waals surface area (Å²) in [6, 6.07) is 27.7. The molecule has 0 saturated heterocycles. The van der Waals surface area contributed by atoms with Gasteiger partial charge in [-0.15, -0.1) is 0 Å². The fraction of sp³-hybridized carbons (Fsp3) is 0.219. The van der Waals surface area contributed by atoms with E-state index in [-0.39, 0.29) is 5.91 Å². The van der Waals surface area contributed by atoms with Crippen molar-refractivity contribution in [3.05, 3.63) is 90.0 Å². The number of benzene rings is 3. The molecule has 1 unspecified atom stereocenters. The van der Waals surface area contributed by atoms with Crippen molar-refractivity contribution in [2.45, 2.75) is 30.0 Å². The molecule has 5 rings (SSSR count). The number of hydrogen-bond donors (Lipinski definition) is 0. The number of nitriles is 1. The maximum atomic E-state index is 13.8. The number of ether oxygens (including phenoxy) is 2. The number of aromatic nitrogens is 1. The molecule has 0 radical (unpaired) electrons. The van der Waals surface area contributed by atoms with E-state index in [2.05, 4.69) is 12.1 Å². The highest BCUT2D eigenvalue weighted by Crippen LogP contribution is 2.41. The van der Waals surface area contributed by atoms with Crippen molar-refractivity contribution in [1.82, 2.24) is 4.98 Å². The molecule has 0 spiro atoms.